The molecular formula is C14H12ClF3N4. The van der Waals surface area contributed by atoms with Crippen LogP contribution in [0.4, 0.5) is 19.0 Å². The van der Waals surface area contributed by atoms with Gasteiger partial charge in [-0.15, -0.1) is 0 Å². The Hall–Kier alpha value is -1.89. The molecule has 0 fully saturated rings. The van der Waals surface area contributed by atoms with Crippen LogP contribution in [0.1, 0.15) is 22.6 Å². The van der Waals surface area contributed by atoms with Crippen LogP contribution in [-0.4, -0.2) is 21.5 Å². The zero-order valence-electron chi connectivity index (χ0n) is 11.7. The van der Waals surface area contributed by atoms with Gasteiger partial charge in [0.1, 0.15) is 11.6 Å². The number of aromatic nitrogens is 3. The summed E-state index contributed by atoms with van der Waals surface area (Å²) >= 11 is 5.99. The second kappa shape index (κ2) is 5.39. The van der Waals surface area contributed by atoms with Crippen molar-refractivity contribution in [1.82, 2.24) is 15.0 Å². The smallest absolute Gasteiger partial charge is 0.349 e. The van der Waals surface area contributed by atoms with Gasteiger partial charge in [0.05, 0.1) is 22.8 Å². The number of hydrogen-bond acceptors (Lipinski definition) is 4. The highest BCUT2D eigenvalue weighted by molar-refractivity contribution is 6.33. The number of anilines is 1. The average Bonchev–Trinajstić information content (AvgIpc) is 2.45. The van der Waals surface area contributed by atoms with Gasteiger partial charge >= 0.3 is 6.18 Å². The van der Waals surface area contributed by atoms with Gasteiger partial charge in [-0.1, -0.05) is 11.6 Å². The van der Waals surface area contributed by atoms with Crippen molar-refractivity contribution in [3.8, 4) is 0 Å². The van der Waals surface area contributed by atoms with E-state index in [0.717, 1.165) is 23.5 Å². The molecule has 0 radical (unpaired) electrons. The molecule has 0 saturated heterocycles. The molecule has 0 atom stereocenters. The molecular weight excluding hydrogens is 317 g/mol. The van der Waals surface area contributed by atoms with Crippen molar-refractivity contribution in [3.63, 3.8) is 0 Å². The van der Waals surface area contributed by atoms with Gasteiger partial charge in [-0.2, -0.15) is 13.2 Å². The number of hydrogen-bond donors (Lipinski definition) is 0. The summed E-state index contributed by atoms with van der Waals surface area (Å²) in [6.07, 6.45) is -1.15. The molecule has 3 heterocycles. The van der Waals surface area contributed by atoms with E-state index in [4.69, 9.17) is 11.6 Å². The number of pyridine rings is 1. The number of fused-ring (bicyclic) bond motifs is 1. The van der Waals surface area contributed by atoms with Crippen LogP contribution in [0.5, 0.6) is 0 Å². The van der Waals surface area contributed by atoms with Crippen molar-refractivity contribution in [2.45, 2.75) is 26.1 Å². The molecule has 1 aliphatic heterocycles. The SMILES string of the molecule is Cc1ncc2c(n1)CN(c1ncc(C(F)(F)F)cc1Cl)CC2. The summed E-state index contributed by atoms with van der Waals surface area (Å²) in [7, 11) is 0. The first-order valence-corrected chi connectivity index (χ1v) is 7.01. The molecule has 0 N–H and O–H groups in total. The normalized spacial score (nSPS) is 14.9. The monoisotopic (exact) mass is 328 g/mol. The lowest BCUT2D eigenvalue weighted by molar-refractivity contribution is -0.137. The lowest BCUT2D eigenvalue weighted by Gasteiger charge is -2.29. The number of alkyl halides is 3. The third-order valence-corrected chi connectivity index (χ3v) is 3.79. The summed E-state index contributed by atoms with van der Waals surface area (Å²) in [5, 5.41) is -0.0101. The van der Waals surface area contributed by atoms with Crippen LogP contribution < -0.4 is 4.90 Å². The summed E-state index contributed by atoms with van der Waals surface area (Å²) < 4.78 is 38.0. The summed E-state index contributed by atoms with van der Waals surface area (Å²) in [5.74, 6) is 1.00. The van der Waals surface area contributed by atoms with Crippen molar-refractivity contribution in [3.05, 3.63) is 46.1 Å². The van der Waals surface area contributed by atoms with E-state index in [2.05, 4.69) is 15.0 Å². The first-order chi connectivity index (χ1) is 10.3. The first kappa shape index (κ1) is 15.0. The van der Waals surface area contributed by atoms with E-state index in [0.29, 0.717) is 31.2 Å². The second-order valence-electron chi connectivity index (χ2n) is 5.09. The summed E-state index contributed by atoms with van der Waals surface area (Å²) in [6, 6.07) is 0.907. The Morgan fingerprint density at radius 1 is 1.23 bits per heavy atom. The minimum Gasteiger partial charge on any atom is -0.349 e. The van der Waals surface area contributed by atoms with E-state index in [1.54, 1.807) is 13.1 Å². The molecule has 0 aliphatic carbocycles. The molecule has 2 aromatic heterocycles. The third-order valence-electron chi connectivity index (χ3n) is 3.51. The van der Waals surface area contributed by atoms with Crippen LogP contribution in [0.3, 0.4) is 0 Å². The van der Waals surface area contributed by atoms with Crippen LogP contribution >= 0.6 is 11.6 Å². The van der Waals surface area contributed by atoms with Gasteiger partial charge in [-0.25, -0.2) is 15.0 Å². The largest absolute Gasteiger partial charge is 0.417 e. The summed E-state index contributed by atoms with van der Waals surface area (Å²) in [4.78, 5) is 14.2. The Labute approximate surface area is 130 Å². The summed E-state index contributed by atoms with van der Waals surface area (Å²) in [6.45, 7) is 2.86. The first-order valence-electron chi connectivity index (χ1n) is 6.63. The Balaban J connectivity index is 1.90. The van der Waals surface area contributed by atoms with Gasteiger partial charge in [-0.05, 0) is 25.0 Å². The van der Waals surface area contributed by atoms with Crippen molar-refractivity contribution in [2.75, 3.05) is 11.4 Å². The lowest BCUT2D eigenvalue weighted by atomic mass is 10.1. The fourth-order valence-electron chi connectivity index (χ4n) is 2.40. The van der Waals surface area contributed by atoms with Crippen LogP contribution in [0.25, 0.3) is 0 Å². The van der Waals surface area contributed by atoms with Gasteiger partial charge < -0.3 is 4.90 Å². The molecule has 0 saturated carbocycles. The van der Waals surface area contributed by atoms with Crippen molar-refractivity contribution < 1.29 is 13.2 Å². The number of nitrogens with zero attached hydrogens (tertiary/aromatic N) is 4. The number of halogens is 4. The maximum Gasteiger partial charge on any atom is 0.417 e. The molecule has 0 bridgehead atoms. The van der Waals surface area contributed by atoms with Gasteiger partial charge in [0, 0.05) is 18.9 Å². The van der Waals surface area contributed by atoms with Crippen LogP contribution in [-0.2, 0) is 19.1 Å². The van der Waals surface area contributed by atoms with Crippen LogP contribution in [0.2, 0.25) is 5.02 Å². The van der Waals surface area contributed by atoms with Gasteiger partial charge in [-0.3, -0.25) is 0 Å². The van der Waals surface area contributed by atoms with E-state index >= 15 is 0 Å². The van der Waals surface area contributed by atoms with Crippen molar-refractivity contribution in [1.29, 1.82) is 0 Å². The standard InChI is InChI=1S/C14H12ClF3N4/c1-8-19-5-9-2-3-22(7-12(9)21-8)13-11(15)4-10(6-20-13)14(16,17)18/h4-6H,2-3,7H2,1H3. The topological polar surface area (TPSA) is 41.9 Å². The van der Waals surface area contributed by atoms with Crippen molar-refractivity contribution in [2.24, 2.45) is 0 Å². The zero-order chi connectivity index (χ0) is 15.9. The maximum absolute atomic E-state index is 12.7. The average molecular weight is 329 g/mol. The lowest BCUT2D eigenvalue weighted by Crippen LogP contribution is -2.32. The van der Waals surface area contributed by atoms with Crippen LogP contribution in [0.15, 0.2) is 18.5 Å². The molecule has 0 amide bonds. The molecule has 3 rings (SSSR count). The number of aryl methyl sites for hydroxylation is 1. The molecule has 1 aliphatic rings. The Kier molecular flexibility index (Phi) is 3.68. The molecule has 4 nitrogen and oxygen atoms in total. The highest BCUT2D eigenvalue weighted by atomic mass is 35.5. The van der Waals surface area contributed by atoms with Gasteiger partial charge in [0.25, 0.3) is 0 Å². The quantitative estimate of drug-likeness (QED) is 0.804. The van der Waals surface area contributed by atoms with Crippen LogP contribution in [0, 0.1) is 6.92 Å². The molecule has 0 aromatic carbocycles. The zero-order valence-corrected chi connectivity index (χ0v) is 12.4. The molecule has 22 heavy (non-hydrogen) atoms. The highest BCUT2D eigenvalue weighted by Gasteiger charge is 2.32. The Morgan fingerprint density at radius 3 is 2.68 bits per heavy atom. The van der Waals surface area contributed by atoms with Crippen molar-refractivity contribution >= 4 is 17.4 Å². The van der Waals surface area contributed by atoms with Gasteiger partial charge in [0.15, 0.2) is 0 Å². The predicted octanol–water partition coefficient (Wildman–Crippen LogP) is 3.41. The second-order valence-corrected chi connectivity index (χ2v) is 5.50. The molecule has 0 spiro atoms. The fraction of sp³-hybridized carbons (Fsp3) is 0.357. The maximum atomic E-state index is 12.7. The Morgan fingerprint density at radius 2 is 2.00 bits per heavy atom. The molecule has 8 heteroatoms. The minimum atomic E-state index is -4.45. The van der Waals surface area contributed by atoms with E-state index in [1.807, 2.05) is 4.90 Å². The highest BCUT2D eigenvalue weighted by Crippen LogP contribution is 2.34. The minimum absolute atomic E-state index is 0.0101. The molecule has 0 unspecified atom stereocenters. The number of rotatable bonds is 1. The predicted molar refractivity (Wildman–Crippen MR) is 75.8 cm³/mol. The summed E-state index contributed by atoms with van der Waals surface area (Å²) in [5.41, 5.74) is 1.05. The fourth-order valence-corrected chi connectivity index (χ4v) is 2.69. The van der Waals surface area contributed by atoms with E-state index in [1.165, 1.54) is 0 Å². The van der Waals surface area contributed by atoms with Gasteiger partial charge in [0.2, 0.25) is 0 Å². The van der Waals surface area contributed by atoms with E-state index in [-0.39, 0.29) is 5.02 Å². The van der Waals surface area contributed by atoms with E-state index in [9.17, 15) is 13.2 Å². The van der Waals surface area contributed by atoms with E-state index < -0.39 is 11.7 Å². The third kappa shape index (κ3) is 2.85. The Bertz CT molecular complexity index is 718. The molecule has 116 valence electrons. The molecule has 2 aromatic rings.